The molecule has 0 spiro atoms. The third-order valence-corrected chi connectivity index (χ3v) is 0.915. The van der Waals surface area contributed by atoms with Gasteiger partial charge >= 0.3 is 7.32 Å². The summed E-state index contributed by atoms with van der Waals surface area (Å²) in [7, 11) is -0.798. The molecule has 0 aromatic carbocycles. The average Bonchev–Trinajstić information content (AvgIpc) is 2.06. The predicted octanol–water partition coefficient (Wildman–Crippen LogP) is 1.33. The lowest BCUT2D eigenvalue weighted by Crippen LogP contribution is -2.23. The highest BCUT2D eigenvalue weighted by atomic mass is 16.7. The third-order valence-electron chi connectivity index (χ3n) is 0.915. The summed E-state index contributed by atoms with van der Waals surface area (Å²) in [4.78, 5) is 0. The van der Waals surface area contributed by atoms with Crippen LogP contribution >= 0.6 is 0 Å². The normalized spacial score (nSPS) is 7.92. The monoisotopic (exact) mass is 166 g/mol. The quantitative estimate of drug-likeness (QED) is 0.247. The van der Waals surface area contributed by atoms with Crippen molar-refractivity contribution in [3.63, 3.8) is 0 Å². The molecule has 0 aliphatic rings. The van der Waals surface area contributed by atoms with E-state index in [4.69, 9.17) is 20.4 Å². The van der Waals surface area contributed by atoms with E-state index in [0.717, 1.165) is 0 Å². The minimum atomic E-state index is -0.798. The molecule has 0 aromatic heterocycles. The molecule has 4 heteroatoms. The van der Waals surface area contributed by atoms with E-state index in [1.165, 1.54) is 12.5 Å². The number of terminal acetylenes is 1. The maximum atomic E-state index is 5.03. The highest BCUT2D eigenvalue weighted by molar-refractivity contribution is 6.36. The molecule has 64 valence electrons. The second kappa shape index (κ2) is 7.77. The van der Waals surface area contributed by atoms with E-state index in [0.29, 0.717) is 13.0 Å². The van der Waals surface area contributed by atoms with Gasteiger partial charge in [0.05, 0.1) is 12.5 Å². The molecule has 0 aliphatic heterocycles. The molecule has 0 radical (unpaired) electrons. The second-order valence-corrected chi connectivity index (χ2v) is 1.72. The van der Waals surface area contributed by atoms with Crippen molar-refractivity contribution in [2.45, 2.75) is 6.42 Å². The molecule has 0 saturated heterocycles. The van der Waals surface area contributed by atoms with Crippen molar-refractivity contribution < 1.29 is 14.0 Å². The van der Waals surface area contributed by atoms with Crippen LogP contribution < -0.4 is 0 Å². The van der Waals surface area contributed by atoms with Crippen LogP contribution in [0.5, 0.6) is 0 Å². The Hall–Kier alpha value is -1.34. The summed E-state index contributed by atoms with van der Waals surface area (Å²) < 4.78 is 14.7. The van der Waals surface area contributed by atoms with Gasteiger partial charge in [-0.2, -0.15) is 0 Å². The van der Waals surface area contributed by atoms with E-state index in [2.05, 4.69) is 19.1 Å². The summed E-state index contributed by atoms with van der Waals surface area (Å²) in [6.45, 7) is 7.09. The molecule has 12 heavy (non-hydrogen) atoms. The summed E-state index contributed by atoms with van der Waals surface area (Å²) >= 11 is 0. The number of rotatable bonds is 7. The van der Waals surface area contributed by atoms with Crippen LogP contribution in [0.1, 0.15) is 6.42 Å². The molecule has 0 N–H and O–H groups in total. The SMILES string of the molecule is C#CCCOB(OC=C)OC=C. The van der Waals surface area contributed by atoms with Crippen LogP contribution in [0.4, 0.5) is 0 Å². The topological polar surface area (TPSA) is 27.7 Å². The second-order valence-electron chi connectivity index (χ2n) is 1.72. The van der Waals surface area contributed by atoms with Crippen molar-refractivity contribution in [1.82, 2.24) is 0 Å². The smallest absolute Gasteiger partial charge is 0.508 e. The predicted molar refractivity (Wildman–Crippen MR) is 47.7 cm³/mol. The molecule has 3 nitrogen and oxygen atoms in total. The molecule has 0 aliphatic carbocycles. The van der Waals surface area contributed by atoms with Crippen LogP contribution in [0.15, 0.2) is 25.7 Å². The zero-order valence-electron chi connectivity index (χ0n) is 6.86. The summed E-state index contributed by atoms with van der Waals surface area (Å²) in [5.74, 6) is 2.42. The van der Waals surface area contributed by atoms with Gasteiger partial charge in [0.1, 0.15) is 0 Å². The third kappa shape index (κ3) is 5.45. The van der Waals surface area contributed by atoms with Crippen molar-refractivity contribution in [2.24, 2.45) is 0 Å². The molecule has 0 saturated carbocycles. The summed E-state index contributed by atoms with van der Waals surface area (Å²) in [6.07, 6.45) is 7.97. The fourth-order valence-corrected chi connectivity index (χ4v) is 0.482. The Balaban J connectivity index is 3.55. The Morgan fingerprint density at radius 2 is 1.92 bits per heavy atom. The van der Waals surface area contributed by atoms with E-state index >= 15 is 0 Å². The first-order chi connectivity index (χ1) is 5.85. The first kappa shape index (κ1) is 10.7. The minimum absolute atomic E-state index is 0.378. The van der Waals surface area contributed by atoms with Crippen LogP contribution in [-0.4, -0.2) is 13.9 Å². The molecule has 0 amide bonds. The maximum absolute atomic E-state index is 5.03. The highest BCUT2D eigenvalue weighted by Crippen LogP contribution is 1.94. The molecule has 0 rings (SSSR count). The van der Waals surface area contributed by atoms with Crippen molar-refractivity contribution in [2.75, 3.05) is 6.61 Å². The van der Waals surface area contributed by atoms with Crippen molar-refractivity contribution in [1.29, 1.82) is 0 Å². The van der Waals surface area contributed by atoms with Crippen LogP contribution in [0, 0.1) is 12.3 Å². The first-order valence-corrected chi connectivity index (χ1v) is 3.43. The van der Waals surface area contributed by atoms with Gasteiger partial charge in [0.25, 0.3) is 0 Å². The van der Waals surface area contributed by atoms with Crippen molar-refractivity contribution in [3.05, 3.63) is 25.7 Å². The molecule has 0 atom stereocenters. The molecular weight excluding hydrogens is 155 g/mol. The fourth-order valence-electron chi connectivity index (χ4n) is 0.482. The largest absolute Gasteiger partial charge is 0.787 e. The average molecular weight is 166 g/mol. The molecule has 0 unspecified atom stereocenters. The van der Waals surface area contributed by atoms with Crippen molar-refractivity contribution >= 4 is 7.32 Å². The zero-order valence-corrected chi connectivity index (χ0v) is 6.86. The Morgan fingerprint density at radius 1 is 1.33 bits per heavy atom. The Labute approximate surface area is 73.2 Å². The van der Waals surface area contributed by atoms with Gasteiger partial charge in [0.15, 0.2) is 0 Å². The van der Waals surface area contributed by atoms with Gasteiger partial charge in [-0.05, 0) is 0 Å². The Morgan fingerprint density at radius 3 is 2.33 bits per heavy atom. The lowest BCUT2D eigenvalue weighted by atomic mass is 10.2. The van der Waals surface area contributed by atoms with E-state index in [9.17, 15) is 0 Å². The minimum Gasteiger partial charge on any atom is -0.508 e. The van der Waals surface area contributed by atoms with Gasteiger partial charge in [-0.3, -0.25) is 0 Å². The maximum Gasteiger partial charge on any atom is 0.787 e. The standard InChI is InChI=1S/C8H11BO3/c1-4-7-8-12-9(10-5-2)11-6-3/h1,5-6H,2-3,7-8H2. The summed E-state index contributed by atoms with van der Waals surface area (Å²) in [5, 5.41) is 0. The Kier molecular flexibility index (Phi) is 6.90. The summed E-state index contributed by atoms with van der Waals surface area (Å²) in [6, 6.07) is 0. The molecule has 0 aromatic rings. The first-order valence-electron chi connectivity index (χ1n) is 3.43. The Bertz CT molecular complexity index is 164. The van der Waals surface area contributed by atoms with E-state index in [1.54, 1.807) is 0 Å². The lowest BCUT2D eigenvalue weighted by molar-refractivity contribution is 0.170. The zero-order chi connectivity index (χ0) is 9.23. The molecule has 0 heterocycles. The summed E-state index contributed by atoms with van der Waals surface area (Å²) in [5.41, 5.74) is 0. The van der Waals surface area contributed by atoms with Gasteiger partial charge in [-0.15, -0.1) is 12.3 Å². The van der Waals surface area contributed by atoms with Gasteiger partial charge < -0.3 is 14.0 Å². The van der Waals surface area contributed by atoms with Crippen LogP contribution in [0.3, 0.4) is 0 Å². The van der Waals surface area contributed by atoms with Crippen molar-refractivity contribution in [3.8, 4) is 12.3 Å². The molecule has 0 bridgehead atoms. The molecular formula is C8H11BO3. The lowest BCUT2D eigenvalue weighted by Gasteiger charge is -2.08. The van der Waals surface area contributed by atoms with E-state index in [-0.39, 0.29) is 0 Å². The number of hydrogen-bond donors (Lipinski definition) is 0. The van der Waals surface area contributed by atoms with E-state index < -0.39 is 7.32 Å². The fraction of sp³-hybridized carbons (Fsp3) is 0.250. The van der Waals surface area contributed by atoms with Gasteiger partial charge in [0, 0.05) is 13.0 Å². The van der Waals surface area contributed by atoms with Gasteiger partial charge in [0.2, 0.25) is 0 Å². The van der Waals surface area contributed by atoms with Crippen LogP contribution in [-0.2, 0) is 14.0 Å². The van der Waals surface area contributed by atoms with E-state index in [1.807, 2.05) is 0 Å². The highest BCUT2D eigenvalue weighted by Gasteiger charge is 2.21. The molecule has 0 fully saturated rings. The van der Waals surface area contributed by atoms with Crippen LogP contribution in [0.25, 0.3) is 0 Å². The van der Waals surface area contributed by atoms with Gasteiger partial charge in [-0.25, -0.2) is 0 Å². The van der Waals surface area contributed by atoms with Gasteiger partial charge in [-0.1, -0.05) is 13.2 Å². The number of hydrogen-bond acceptors (Lipinski definition) is 3. The van der Waals surface area contributed by atoms with Crippen LogP contribution in [0.2, 0.25) is 0 Å².